The van der Waals surface area contributed by atoms with Crippen molar-refractivity contribution in [1.82, 2.24) is 0 Å². The molecule has 0 aromatic carbocycles. The minimum atomic E-state index is -2.96. The van der Waals surface area contributed by atoms with Crippen LogP contribution in [0.2, 0.25) is 16.3 Å². The first kappa shape index (κ1) is 21.0. The van der Waals surface area contributed by atoms with Crippen molar-refractivity contribution >= 4 is 30.7 Å². The molecule has 0 fully saturated rings. The Kier molecular flexibility index (Phi) is 6.39. The average Bonchev–Trinajstić information content (AvgIpc) is 3.10. The minimum absolute atomic E-state index is 0.0669. The Morgan fingerprint density at radius 1 is 1.23 bits per heavy atom. The van der Waals surface area contributed by atoms with Gasteiger partial charge in [0.2, 0.25) is 0 Å². The van der Waals surface area contributed by atoms with Crippen LogP contribution in [-0.4, -0.2) is 13.6 Å². The van der Waals surface area contributed by atoms with Crippen LogP contribution in [-0.2, 0) is 19.1 Å². The maximum absolute atomic E-state index is 7.15. The van der Waals surface area contributed by atoms with Gasteiger partial charge in [0, 0.05) is 0 Å². The number of rotatable bonds is 4. The van der Waals surface area contributed by atoms with Crippen molar-refractivity contribution in [2.45, 2.75) is 56.3 Å². The van der Waals surface area contributed by atoms with Crippen LogP contribution in [0, 0.1) is 11.3 Å². The third-order valence-electron chi connectivity index (χ3n) is 6.36. The summed E-state index contributed by atoms with van der Waals surface area (Å²) in [7, 11) is 13.7. The van der Waals surface area contributed by atoms with Gasteiger partial charge >= 0.3 is 177 Å². The standard InChI is InChI=1S/C22H29Si.2ClH.Hf/c1-6-15-22(3)20(17-12-8-9-13-17)18-14-10-7-11-16(2)19(18)21(22)23(4)5;;;/h7-12,14,16H,6,13,15H2,1-5H3;2*1H;/q;;;+2/p-2. The molecule has 3 rings (SSSR count). The van der Waals surface area contributed by atoms with Crippen LogP contribution in [0.3, 0.4) is 0 Å². The molecule has 139 valence electrons. The fraction of sp³-hybridized carbons (Fsp3) is 0.500. The molecule has 0 aromatic heterocycles. The molecule has 0 radical (unpaired) electrons. The Morgan fingerprint density at radius 2 is 1.96 bits per heavy atom. The Labute approximate surface area is 175 Å². The number of allylic oxidation sites excluding steroid dienone is 10. The molecule has 3 aliphatic carbocycles. The molecule has 0 saturated heterocycles. The zero-order chi connectivity index (χ0) is 19.1. The van der Waals surface area contributed by atoms with Crippen molar-refractivity contribution in [3.8, 4) is 0 Å². The molecule has 3 aliphatic rings. The zero-order valence-electron chi connectivity index (χ0n) is 16.5. The monoisotopic (exact) mass is 571 g/mol. The quantitative estimate of drug-likeness (QED) is 0.310. The van der Waals surface area contributed by atoms with Crippen LogP contribution in [0.4, 0.5) is 0 Å². The summed E-state index contributed by atoms with van der Waals surface area (Å²) in [5, 5.41) is 1.71. The van der Waals surface area contributed by atoms with Crippen LogP contribution in [0.25, 0.3) is 0 Å². The van der Waals surface area contributed by atoms with Crippen molar-refractivity contribution in [3.63, 3.8) is 0 Å². The van der Waals surface area contributed by atoms with E-state index in [1.807, 2.05) is 0 Å². The van der Waals surface area contributed by atoms with E-state index >= 15 is 0 Å². The Hall–Kier alpha value is 0.237. The Bertz CT molecular complexity index is 780. The first-order valence-electron chi connectivity index (χ1n) is 9.64. The van der Waals surface area contributed by atoms with Gasteiger partial charge in [0.05, 0.1) is 0 Å². The molecule has 0 saturated carbocycles. The fourth-order valence-corrected chi connectivity index (χ4v) is 20.9. The van der Waals surface area contributed by atoms with E-state index in [1.54, 1.807) is 10.7 Å². The van der Waals surface area contributed by atoms with Crippen LogP contribution >= 0.6 is 17.2 Å². The van der Waals surface area contributed by atoms with Gasteiger partial charge in [-0.15, -0.1) is 0 Å². The van der Waals surface area contributed by atoms with Crippen molar-refractivity contribution < 1.29 is 19.1 Å². The summed E-state index contributed by atoms with van der Waals surface area (Å²) in [5.74, 6) is 0.432. The van der Waals surface area contributed by atoms with Gasteiger partial charge in [-0.25, -0.2) is 0 Å². The Morgan fingerprint density at radius 3 is 2.50 bits per heavy atom. The number of halogens is 2. The van der Waals surface area contributed by atoms with Gasteiger partial charge in [-0.05, 0) is 0 Å². The van der Waals surface area contributed by atoms with Crippen LogP contribution < -0.4 is 0 Å². The molecule has 3 atom stereocenters. The molecule has 0 bridgehead atoms. The van der Waals surface area contributed by atoms with Crippen LogP contribution in [0.1, 0.15) is 40.0 Å². The van der Waals surface area contributed by atoms with Gasteiger partial charge in [0.1, 0.15) is 0 Å². The summed E-state index contributed by atoms with van der Waals surface area (Å²) in [6.07, 6.45) is 19.3. The topological polar surface area (TPSA) is 0 Å². The first-order chi connectivity index (χ1) is 12.3. The van der Waals surface area contributed by atoms with Crippen molar-refractivity contribution in [3.05, 3.63) is 59.3 Å². The summed E-state index contributed by atoms with van der Waals surface area (Å²) in [6.45, 7) is 12.1. The second kappa shape index (κ2) is 7.93. The normalized spacial score (nSPS) is 32.8. The Balaban J connectivity index is 2.43. The molecule has 0 heterocycles. The zero-order valence-corrected chi connectivity index (χ0v) is 22.6. The second-order valence-electron chi connectivity index (χ2n) is 8.15. The fourth-order valence-electron chi connectivity index (χ4n) is 5.60. The summed E-state index contributed by atoms with van der Waals surface area (Å²) in [4.78, 5) is 0. The van der Waals surface area contributed by atoms with Crippen molar-refractivity contribution in [2.75, 3.05) is 0 Å². The predicted molar refractivity (Wildman–Crippen MR) is 116 cm³/mol. The number of hydrogen-bond donors (Lipinski definition) is 0. The third-order valence-corrected chi connectivity index (χ3v) is 19.0. The van der Waals surface area contributed by atoms with Gasteiger partial charge in [-0.3, -0.25) is 0 Å². The van der Waals surface area contributed by atoms with Gasteiger partial charge in [0.25, 0.3) is 0 Å². The second-order valence-corrected chi connectivity index (χ2v) is 23.0. The van der Waals surface area contributed by atoms with Crippen molar-refractivity contribution in [2.24, 2.45) is 11.3 Å². The average molecular weight is 571 g/mol. The predicted octanol–water partition coefficient (Wildman–Crippen LogP) is 7.34. The van der Waals surface area contributed by atoms with E-state index in [-0.39, 0.29) is 8.59 Å². The van der Waals surface area contributed by atoms with E-state index in [1.165, 1.54) is 24.0 Å². The van der Waals surface area contributed by atoms with E-state index < -0.39 is 27.5 Å². The molecule has 3 unspecified atom stereocenters. The molecule has 26 heavy (non-hydrogen) atoms. The first-order valence-corrected chi connectivity index (χ1v) is 22.8. The summed E-state index contributed by atoms with van der Waals surface area (Å²) >= 11 is -2.96. The molecule has 0 aliphatic heterocycles. The van der Waals surface area contributed by atoms with Gasteiger partial charge < -0.3 is 0 Å². The van der Waals surface area contributed by atoms with E-state index in [2.05, 4.69) is 76.4 Å². The van der Waals surface area contributed by atoms with Crippen LogP contribution in [0.5, 0.6) is 0 Å². The van der Waals surface area contributed by atoms with E-state index in [9.17, 15) is 0 Å². The molecular weight excluding hydrogens is 542 g/mol. The number of hydrogen-bond acceptors (Lipinski definition) is 0. The van der Waals surface area contributed by atoms with Gasteiger partial charge in [-0.2, -0.15) is 0 Å². The molecule has 0 aromatic rings. The summed E-state index contributed by atoms with van der Waals surface area (Å²) < 4.78 is -0.121. The van der Waals surface area contributed by atoms with Crippen LogP contribution in [0.15, 0.2) is 59.3 Å². The van der Waals surface area contributed by atoms with Gasteiger partial charge in [0.15, 0.2) is 0 Å². The van der Waals surface area contributed by atoms with E-state index in [4.69, 9.17) is 17.2 Å². The van der Waals surface area contributed by atoms with E-state index in [0.717, 1.165) is 6.42 Å². The molecule has 4 heteroatoms. The molecule has 0 nitrogen and oxygen atoms in total. The maximum atomic E-state index is 7.15. The molecule has 0 N–H and O–H groups in total. The molecular formula is C22H29Cl2HfSi. The molecule has 0 spiro atoms. The van der Waals surface area contributed by atoms with E-state index in [0.29, 0.717) is 5.92 Å². The van der Waals surface area contributed by atoms with Gasteiger partial charge in [-0.1, -0.05) is 0 Å². The SMILES string of the molecule is CCCC1(C)C(=[Si](C)C)C2=C(C=CC=CC2C)[C]1(C1=CC=CC1)[Hf]([Cl])[Cl]. The van der Waals surface area contributed by atoms with Crippen molar-refractivity contribution in [1.29, 1.82) is 0 Å². The summed E-state index contributed by atoms with van der Waals surface area (Å²) in [5.41, 5.74) is 4.58. The molecule has 0 amide bonds. The third kappa shape index (κ3) is 2.89. The summed E-state index contributed by atoms with van der Waals surface area (Å²) in [6, 6.07) is 0.